The minimum Gasteiger partial charge on any atom is -0.306 e. The van der Waals surface area contributed by atoms with Crippen LogP contribution in [0.25, 0.3) is 102 Å². The second kappa shape index (κ2) is 21.6. The predicted molar refractivity (Wildman–Crippen MR) is 337 cm³/mol. The second-order valence-corrected chi connectivity index (χ2v) is 20.7. The van der Waals surface area contributed by atoms with Crippen molar-refractivity contribution in [3.05, 3.63) is 284 Å². The molecule has 4 heterocycles. The lowest BCUT2D eigenvalue weighted by Gasteiger charge is -2.40. The first-order chi connectivity index (χ1) is 40.9. The number of nitrogens with zero attached hydrogens (tertiary/aromatic N) is 9. The maximum Gasteiger partial charge on any atom is 0.235 e. The topological polar surface area (TPSA) is 96.7 Å². The highest BCUT2D eigenvalue weighted by atomic mass is 15.3. The van der Waals surface area contributed by atoms with E-state index in [1.54, 1.807) is 0 Å². The van der Waals surface area contributed by atoms with Crippen LogP contribution in [0.2, 0.25) is 0 Å². The van der Waals surface area contributed by atoms with Crippen molar-refractivity contribution in [2.75, 3.05) is 9.80 Å². The lowest BCUT2D eigenvalue weighted by atomic mass is 9.87. The van der Waals surface area contributed by atoms with E-state index in [9.17, 15) is 0 Å². The number of benzene rings is 10. The lowest BCUT2D eigenvalue weighted by molar-refractivity contribution is 1.06. The average Bonchev–Trinajstić information content (AvgIpc) is 2.40. The maximum absolute atomic E-state index is 5.60. The van der Waals surface area contributed by atoms with E-state index in [1.165, 1.54) is 5.56 Å². The van der Waals surface area contributed by atoms with E-state index < -0.39 is 0 Å². The molecule has 14 rings (SSSR count). The molecule has 0 fully saturated rings. The van der Waals surface area contributed by atoms with Gasteiger partial charge in [0.15, 0.2) is 23.3 Å². The lowest BCUT2D eigenvalue weighted by Crippen LogP contribution is -2.25. The monoisotopic (exact) mass is 1070 g/mol. The van der Waals surface area contributed by atoms with Crippen LogP contribution in [0, 0.1) is 20.8 Å². The largest absolute Gasteiger partial charge is 0.306 e. The summed E-state index contributed by atoms with van der Waals surface area (Å²) in [6.45, 7) is 6.55. The summed E-state index contributed by atoms with van der Waals surface area (Å²) in [4.78, 5) is 42.4. The van der Waals surface area contributed by atoms with Gasteiger partial charge in [-0.15, -0.1) is 0 Å². The number of fused-ring (bicyclic) bond motifs is 2. The van der Waals surface area contributed by atoms with Crippen LogP contribution >= 0.6 is 0 Å². The Bertz CT molecular complexity index is 4280. The number of hydrogen-bond donors (Lipinski definition) is 0. The van der Waals surface area contributed by atoms with Crippen molar-refractivity contribution in [1.82, 2.24) is 34.9 Å². The molecule has 0 saturated carbocycles. The van der Waals surface area contributed by atoms with Gasteiger partial charge in [-0.3, -0.25) is 4.90 Å². The third-order valence-electron chi connectivity index (χ3n) is 15.1. The SMILES string of the molecule is Cc1cc(C)c(-c2cc(N3c4ccccc4N(c4nc(-c5ccccc5)cc(-c5ccccc5)n4)c4ccccc43)c(-c3cc(-c4ccccc4)nc(-c4ccccc4)n3)cc2-c2nc(-c3ccccc3)nc(-c3ccccc3)n2)c(C)c1. The van der Waals surface area contributed by atoms with Crippen LogP contribution in [0.15, 0.2) is 267 Å². The summed E-state index contributed by atoms with van der Waals surface area (Å²) in [5.41, 5.74) is 20.3. The second-order valence-electron chi connectivity index (χ2n) is 20.7. The van der Waals surface area contributed by atoms with Crippen molar-refractivity contribution in [2.24, 2.45) is 0 Å². The first-order valence-electron chi connectivity index (χ1n) is 27.8. The van der Waals surface area contributed by atoms with Gasteiger partial charge < -0.3 is 4.90 Å². The van der Waals surface area contributed by atoms with E-state index in [2.05, 4.69) is 200 Å². The smallest absolute Gasteiger partial charge is 0.235 e. The molecule has 9 heteroatoms. The zero-order valence-corrected chi connectivity index (χ0v) is 45.9. The van der Waals surface area contributed by atoms with Crippen LogP contribution in [0.1, 0.15) is 16.7 Å². The molecule has 3 aromatic heterocycles. The summed E-state index contributed by atoms with van der Waals surface area (Å²) in [5.74, 6) is 2.79. The summed E-state index contributed by atoms with van der Waals surface area (Å²) in [7, 11) is 0. The fourth-order valence-electron chi connectivity index (χ4n) is 11.4. The van der Waals surface area contributed by atoms with Gasteiger partial charge in [0.1, 0.15) is 0 Å². The number of rotatable bonds is 11. The summed E-state index contributed by atoms with van der Waals surface area (Å²) >= 11 is 0. The molecule has 0 saturated heterocycles. The molecule has 0 spiro atoms. The summed E-state index contributed by atoms with van der Waals surface area (Å²) in [6, 6.07) is 91.9. The Morgan fingerprint density at radius 3 is 1.01 bits per heavy atom. The van der Waals surface area contributed by atoms with E-state index >= 15 is 0 Å². The Kier molecular flexibility index (Phi) is 13.0. The van der Waals surface area contributed by atoms with E-state index in [0.29, 0.717) is 34.9 Å². The van der Waals surface area contributed by atoms with Gasteiger partial charge in [0, 0.05) is 44.5 Å². The minimum atomic E-state index is 0.524. The zero-order valence-electron chi connectivity index (χ0n) is 45.9. The van der Waals surface area contributed by atoms with Gasteiger partial charge in [0.25, 0.3) is 0 Å². The van der Waals surface area contributed by atoms with E-state index in [4.69, 9.17) is 34.9 Å². The van der Waals surface area contributed by atoms with Crippen molar-refractivity contribution in [2.45, 2.75) is 20.8 Å². The summed E-state index contributed by atoms with van der Waals surface area (Å²) < 4.78 is 0. The predicted octanol–water partition coefficient (Wildman–Crippen LogP) is 18.6. The number of aromatic nitrogens is 7. The first kappa shape index (κ1) is 50.2. The Balaban J connectivity index is 1.09. The highest BCUT2D eigenvalue weighted by Gasteiger charge is 2.35. The molecule has 1 aliphatic heterocycles. The molecular weight excluding hydrogens is 1010 g/mol. The normalized spacial score (nSPS) is 11.7. The molecule has 0 amide bonds. The van der Waals surface area contributed by atoms with Crippen LogP contribution in [-0.2, 0) is 0 Å². The van der Waals surface area contributed by atoms with Gasteiger partial charge in [-0.25, -0.2) is 34.9 Å². The molecule has 0 aliphatic carbocycles. The zero-order chi connectivity index (χ0) is 55.8. The van der Waals surface area contributed by atoms with Crippen molar-refractivity contribution < 1.29 is 0 Å². The molecule has 9 nitrogen and oxygen atoms in total. The van der Waals surface area contributed by atoms with Crippen molar-refractivity contribution in [1.29, 1.82) is 0 Å². The van der Waals surface area contributed by atoms with Crippen molar-refractivity contribution in [3.8, 4) is 102 Å². The molecule has 13 aromatic rings. The van der Waals surface area contributed by atoms with Gasteiger partial charge in [-0.1, -0.05) is 224 Å². The first-order valence-corrected chi connectivity index (χ1v) is 27.8. The molecule has 0 N–H and O–H groups in total. The van der Waals surface area contributed by atoms with E-state index in [-0.39, 0.29) is 0 Å². The van der Waals surface area contributed by atoms with Gasteiger partial charge >= 0.3 is 0 Å². The van der Waals surface area contributed by atoms with Gasteiger partial charge in [-0.2, -0.15) is 0 Å². The molecule has 0 bridgehead atoms. The van der Waals surface area contributed by atoms with Crippen LogP contribution in [0.4, 0.5) is 34.4 Å². The maximum atomic E-state index is 5.60. The summed E-state index contributed by atoms with van der Waals surface area (Å²) in [6.07, 6.45) is 0. The van der Waals surface area contributed by atoms with Gasteiger partial charge in [-0.05, 0) is 91.6 Å². The third kappa shape index (κ3) is 9.66. The third-order valence-corrected chi connectivity index (χ3v) is 15.1. The van der Waals surface area contributed by atoms with E-state index in [0.717, 1.165) is 112 Å². The molecular formula is C74H53N9. The fourth-order valence-corrected chi connectivity index (χ4v) is 11.4. The van der Waals surface area contributed by atoms with Crippen molar-refractivity contribution >= 4 is 34.4 Å². The summed E-state index contributed by atoms with van der Waals surface area (Å²) in [5, 5.41) is 0. The Labute approximate surface area is 482 Å². The molecule has 0 atom stereocenters. The molecule has 1 aliphatic rings. The average molecular weight is 1070 g/mol. The van der Waals surface area contributed by atoms with Gasteiger partial charge in [0.2, 0.25) is 5.95 Å². The Morgan fingerprint density at radius 2 is 0.578 bits per heavy atom. The number of para-hydroxylation sites is 4. The van der Waals surface area contributed by atoms with Crippen LogP contribution in [0.3, 0.4) is 0 Å². The quantitative estimate of drug-likeness (QED) is 0.125. The minimum absolute atomic E-state index is 0.524. The highest BCUT2D eigenvalue weighted by molar-refractivity contribution is 6.05. The Morgan fingerprint density at radius 1 is 0.241 bits per heavy atom. The molecule has 394 valence electrons. The fraction of sp³-hybridized carbons (Fsp3) is 0.0405. The number of aryl methyl sites for hydroxylation is 3. The van der Waals surface area contributed by atoms with Gasteiger partial charge in [0.05, 0.1) is 51.2 Å². The molecule has 0 radical (unpaired) electrons. The number of hydrogen-bond acceptors (Lipinski definition) is 9. The molecule has 83 heavy (non-hydrogen) atoms. The van der Waals surface area contributed by atoms with E-state index in [1.807, 2.05) is 97.1 Å². The Hall–Kier alpha value is -11.0. The molecule has 10 aromatic carbocycles. The number of anilines is 6. The van der Waals surface area contributed by atoms with Crippen LogP contribution in [0.5, 0.6) is 0 Å². The van der Waals surface area contributed by atoms with Crippen LogP contribution < -0.4 is 9.80 Å². The van der Waals surface area contributed by atoms with Crippen LogP contribution in [-0.4, -0.2) is 34.9 Å². The van der Waals surface area contributed by atoms with Crippen molar-refractivity contribution in [3.63, 3.8) is 0 Å². The standard InChI is InChI=1S/C74H53N9/c1-48-42-49(2)69(50(3)43-48)57-45-68(82-64-38-22-24-40-66(64)83(67-41-25-23-39-65(67)82)74-77-61(52-28-12-5-13-29-52)46-62(78-74)53-30-14-6-15-31-53)59(63-47-60(51-26-10-4-11-27-51)75-70(76-63)54-32-16-7-17-33-54)44-58(57)73-80-71(55-34-18-8-19-35-55)79-72(81-73)56-36-20-9-21-37-56/h4-47H,1-3H3. The molecule has 0 unspecified atom stereocenters. The highest BCUT2D eigenvalue weighted by Crippen LogP contribution is 2.57.